The van der Waals surface area contributed by atoms with Gasteiger partial charge in [-0.25, -0.2) is 14.4 Å². The van der Waals surface area contributed by atoms with Gasteiger partial charge < -0.3 is 56.8 Å². The maximum Gasteiger partial charge on any atom is 0.348 e. The number of esters is 3. The Balaban J connectivity index is 0.000000140. The Bertz CT molecular complexity index is 7700. The zero-order valence-corrected chi connectivity index (χ0v) is 84.9. The summed E-state index contributed by atoms with van der Waals surface area (Å²) < 4.78 is 63.9. The Morgan fingerprint density at radius 2 is 0.658 bits per heavy atom. The minimum Gasteiger partial charge on any atom is -0.498 e. The van der Waals surface area contributed by atoms with Crippen LogP contribution in [-0.2, 0) is 98.0 Å². The molecule has 149 heavy (non-hydrogen) atoms. The van der Waals surface area contributed by atoms with E-state index in [1.807, 2.05) is 200 Å². The summed E-state index contributed by atoms with van der Waals surface area (Å²) in [5.41, 5.74) is 13.5. The van der Waals surface area contributed by atoms with E-state index in [2.05, 4.69) is 253 Å². The van der Waals surface area contributed by atoms with Crippen LogP contribution in [0.4, 0.5) is 0 Å². The lowest BCUT2D eigenvalue weighted by molar-refractivity contribution is 0.0416. The summed E-state index contributed by atoms with van der Waals surface area (Å²) in [6, 6.07) is 133. The molecule has 0 fully saturated rings. The van der Waals surface area contributed by atoms with Crippen LogP contribution in [-0.4, -0.2) is 57.5 Å². The molecule has 15 nitrogen and oxygen atoms in total. The third-order valence-corrected chi connectivity index (χ3v) is 25.6. The van der Waals surface area contributed by atoms with Gasteiger partial charge in [-0.15, -0.1) is 22.7 Å². The predicted molar refractivity (Wildman–Crippen MR) is 615 cm³/mol. The summed E-state index contributed by atoms with van der Waals surface area (Å²) in [6.07, 6.45) is 14.9. The first kappa shape index (κ1) is 108. The van der Waals surface area contributed by atoms with Crippen molar-refractivity contribution in [1.82, 2.24) is 0 Å². The van der Waals surface area contributed by atoms with Gasteiger partial charge in [0.25, 0.3) is 0 Å². The molecular weight excluding hydrogens is 1890 g/mol. The molecule has 0 saturated carbocycles. The number of carbonyl (C=O) groups is 3. The van der Waals surface area contributed by atoms with E-state index in [1.165, 1.54) is 181 Å². The summed E-state index contributed by atoms with van der Waals surface area (Å²) >= 11 is 3.20. The number of fused-ring (bicyclic) bond motifs is 9. The number of thiophene rings is 2. The number of benzene rings is 18. The van der Waals surface area contributed by atoms with Crippen molar-refractivity contribution in [2.45, 2.75) is 45.9 Å². The smallest absolute Gasteiger partial charge is 0.348 e. The van der Waals surface area contributed by atoms with Crippen LogP contribution < -0.4 is 4.74 Å². The maximum atomic E-state index is 12.4. The molecule has 18 aromatic carbocycles. The molecule has 0 amide bonds. The molecule has 0 aliphatic heterocycles. The molecule has 2 aromatic heterocycles. The second-order valence-corrected chi connectivity index (χ2v) is 35.2. The average molecular weight is 2010 g/mol. The molecule has 17 heteroatoms. The Labute approximate surface area is 879 Å². The largest absolute Gasteiger partial charge is 0.498 e. The van der Waals surface area contributed by atoms with Gasteiger partial charge >= 0.3 is 17.9 Å². The van der Waals surface area contributed by atoms with E-state index in [0.717, 1.165) is 61.2 Å². The van der Waals surface area contributed by atoms with E-state index >= 15 is 0 Å². The van der Waals surface area contributed by atoms with Crippen LogP contribution in [0.5, 0.6) is 5.75 Å². The Kier molecular flexibility index (Phi) is 43.1. The molecule has 1 aliphatic rings. The Hall–Kier alpha value is -18.0. The van der Waals surface area contributed by atoms with Gasteiger partial charge in [0.15, 0.2) is 0 Å². The van der Waals surface area contributed by atoms with E-state index in [0.29, 0.717) is 68.9 Å². The second-order valence-electron chi connectivity index (χ2n) is 33.0. The minimum atomic E-state index is -0.338. The fourth-order valence-corrected chi connectivity index (χ4v) is 18.4. The van der Waals surface area contributed by atoms with Gasteiger partial charge in [-0.2, -0.15) is 0 Å². The zero-order chi connectivity index (χ0) is 104. The van der Waals surface area contributed by atoms with Gasteiger partial charge in [0.2, 0.25) is 0 Å². The zero-order valence-electron chi connectivity index (χ0n) is 83.2. The normalized spacial score (nSPS) is 10.4. The number of hydrogen-bond acceptors (Lipinski definition) is 17. The molecule has 0 radical (unpaired) electrons. The number of rotatable bonds is 34. The molecule has 0 bridgehead atoms. The summed E-state index contributed by atoms with van der Waals surface area (Å²) in [5, 5.41) is 18.7. The summed E-state index contributed by atoms with van der Waals surface area (Å²) in [6.45, 7) is 36.1. The van der Waals surface area contributed by atoms with Crippen LogP contribution in [0, 0.1) is 0 Å². The van der Waals surface area contributed by atoms with Crippen molar-refractivity contribution in [2.24, 2.45) is 0 Å². The van der Waals surface area contributed by atoms with Crippen molar-refractivity contribution in [2.75, 3.05) is 39.6 Å². The monoisotopic (exact) mass is 2010 g/mol. The molecular formula is C132H118O15S2. The van der Waals surface area contributed by atoms with E-state index in [1.54, 1.807) is 11.3 Å². The molecule has 1 aliphatic carbocycles. The van der Waals surface area contributed by atoms with Gasteiger partial charge in [0.05, 0.1) is 67.5 Å². The van der Waals surface area contributed by atoms with E-state index < -0.39 is 0 Å². The molecule has 2 heterocycles. The predicted octanol–water partition coefficient (Wildman–Crippen LogP) is 33.9. The van der Waals surface area contributed by atoms with Crippen molar-refractivity contribution in [3.05, 3.63) is 564 Å². The van der Waals surface area contributed by atoms with Crippen molar-refractivity contribution in [3.63, 3.8) is 0 Å². The van der Waals surface area contributed by atoms with Crippen LogP contribution in [0.2, 0.25) is 0 Å². The van der Waals surface area contributed by atoms with Crippen molar-refractivity contribution in [1.29, 1.82) is 0 Å². The molecule has 0 unspecified atom stereocenters. The Morgan fingerprint density at radius 1 is 0.248 bits per heavy atom. The lowest BCUT2D eigenvalue weighted by atomic mass is 9.97. The van der Waals surface area contributed by atoms with Gasteiger partial charge in [0, 0.05) is 19.8 Å². The van der Waals surface area contributed by atoms with Crippen LogP contribution in [0.1, 0.15) is 68.6 Å². The first-order chi connectivity index (χ1) is 73.3. The standard InChI is InChI=1S/C19H16O3.C17H16O3.C17H14O.C15H14O.C14H12O.C13H12O3S.2C13H12O.C11H10OS/c1-2-21-11-12-22-19(20)18-13-14-7-3-4-8-15(14)16-9-5-6-10-17(16)18;1-2-19-10-11-20-17(18)15-9-8-13-7-6-12-4-3-5-14(15)16(12)13;1-2-18-12-17-15-9-5-3-7-13(15)11-14-8-4-6-10-16(14)17;1-2-16-12-13-8-10-15(11-9-13)14-6-4-3-5-7-14;1-2-15-14-10-8-13(9-11-14)12-6-4-3-5-7-12;1-2-15-7-8-16-13(14)12-9-10-5-3-4-6-11(10)17-12;1-2-14-10-12-8-5-7-11-6-3-4-9-13(11)12;1-2-14-10-11-7-8-12-5-3-4-6-13(12)9-11;1-2-12-8-10-7-9-5-3-4-6-11(9)13-10/h2-10,13H,1,11-12H2;2-5,8-9H,1,6-7,10-11H2;2-11H,1,12H2;2-11H,1,12H2;2-11H,1H2;2-6,9H,1,7-8H2;2*2-9H,1,10H2;2-7H,1,8H2. The van der Waals surface area contributed by atoms with Crippen molar-refractivity contribution < 1.29 is 71.2 Å². The van der Waals surface area contributed by atoms with Crippen LogP contribution >= 0.6 is 22.7 Å². The van der Waals surface area contributed by atoms with Gasteiger partial charge in [-0.1, -0.05) is 393 Å². The minimum absolute atomic E-state index is 0.200. The summed E-state index contributed by atoms with van der Waals surface area (Å²) in [4.78, 5) is 38.1. The van der Waals surface area contributed by atoms with Gasteiger partial charge in [-0.3, -0.25) is 0 Å². The third-order valence-electron chi connectivity index (χ3n) is 23.4. The number of ether oxygens (including phenoxy) is 12. The number of aryl methyl sites for hydroxylation is 2. The van der Waals surface area contributed by atoms with Gasteiger partial charge in [-0.05, 0) is 210 Å². The molecule has 0 N–H and O–H groups in total. The van der Waals surface area contributed by atoms with Crippen LogP contribution in [0.25, 0.3) is 118 Å². The highest BCUT2D eigenvalue weighted by Gasteiger charge is 2.21. The SMILES string of the molecule is C=COCCOC(=O)c1cc2ccccc2c2ccccc12.C=COCCOC(=O)c1cc2ccccc2s1.C=COCCOC(=O)c1ccc2c3c(cccc13)CC2.C=COCc1c2ccccc2cc2ccccc12.C=COCc1cc2ccccc2s1.C=COCc1ccc(-c2ccccc2)cc1.C=COCc1ccc2ccccc2c1.C=COCc1cccc2ccccc12.C=COc1ccc(-c2ccccc2)cc1. The van der Waals surface area contributed by atoms with Crippen LogP contribution in [0.15, 0.2) is 510 Å². The molecule has 20 aromatic rings. The summed E-state index contributed by atoms with van der Waals surface area (Å²) in [7, 11) is 0. The molecule has 748 valence electrons. The highest BCUT2D eigenvalue weighted by atomic mass is 32.1. The third kappa shape index (κ3) is 32.0. The molecule has 0 saturated heterocycles. The molecule has 0 spiro atoms. The first-order valence-electron chi connectivity index (χ1n) is 48.5. The summed E-state index contributed by atoms with van der Waals surface area (Å²) in [5.74, 6) is -0.133. The maximum absolute atomic E-state index is 12.4. The fourth-order valence-electron chi connectivity index (χ4n) is 16.5. The quantitative estimate of drug-likeness (QED) is 0.00934. The Morgan fingerprint density at radius 3 is 1.22 bits per heavy atom. The first-order valence-corrected chi connectivity index (χ1v) is 50.1. The lowest BCUT2D eigenvalue weighted by Crippen LogP contribution is -2.10. The van der Waals surface area contributed by atoms with Gasteiger partial charge in [0.1, 0.15) is 83.3 Å². The second kappa shape index (κ2) is 59.3. The van der Waals surface area contributed by atoms with E-state index in [4.69, 9.17) is 56.8 Å². The molecule has 21 rings (SSSR count). The van der Waals surface area contributed by atoms with Crippen molar-refractivity contribution in [3.8, 4) is 28.0 Å². The van der Waals surface area contributed by atoms with E-state index in [9.17, 15) is 14.4 Å². The van der Waals surface area contributed by atoms with Crippen molar-refractivity contribution >= 4 is 136 Å². The average Bonchev–Trinajstić information content (AvgIpc) is 1.51. The molecule has 0 atom stereocenters. The lowest BCUT2D eigenvalue weighted by Gasteiger charge is -2.11. The topological polar surface area (TPSA) is 162 Å². The number of hydrogen-bond donors (Lipinski definition) is 0. The fraction of sp³-hybridized carbons (Fsp3) is 0.0985. The van der Waals surface area contributed by atoms with E-state index in [-0.39, 0.29) is 37.7 Å². The highest BCUT2D eigenvalue weighted by Crippen LogP contribution is 2.36. The van der Waals surface area contributed by atoms with Crippen LogP contribution in [0.3, 0.4) is 0 Å². The number of carbonyl (C=O) groups excluding carboxylic acids is 3. The highest BCUT2D eigenvalue weighted by molar-refractivity contribution is 7.20.